The van der Waals surface area contributed by atoms with E-state index in [2.05, 4.69) is 36.9 Å². The topological polar surface area (TPSA) is 12.5 Å². The largest absolute Gasteiger partial charge is 0.493 e. The maximum absolute atomic E-state index is 5.84. The molecule has 1 aromatic rings. The van der Waals surface area contributed by atoms with Crippen LogP contribution in [0.25, 0.3) is 0 Å². The number of nitrogens with zero attached hydrogens (tertiary/aromatic N) is 1. The summed E-state index contributed by atoms with van der Waals surface area (Å²) in [6.45, 7) is 7.33. The van der Waals surface area contributed by atoms with Crippen molar-refractivity contribution < 1.29 is 4.74 Å². The van der Waals surface area contributed by atoms with Crippen molar-refractivity contribution in [2.45, 2.75) is 32.7 Å². The van der Waals surface area contributed by atoms with Gasteiger partial charge in [0.15, 0.2) is 0 Å². The van der Waals surface area contributed by atoms with E-state index in [0.29, 0.717) is 11.9 Å². The number of benzene rings is 1. The van der Waals surface area contributed by atoms with E-state index in [1.165, 1.54) is 11.1 Å². The molecule has 2 rings (SSSR count). The van der Waals surface area contributed by atoms with Crippen LogP contribution in [0.5, 0.6) is 5.75 Å². The van der Waals surface area contributed by atoms with Crippen molar-refractivity contribution in [1.29, 1.82) is 0 Å². The van der Waals surface area contributed by atoms with Gasteiger partial charge in [-0.05, 0) is 37.5 Å². The monoisotopic (exact) mass is 267 g/mol. The lowest BCUT2D eigenvalue weighted by atomic mass is 10.1. The first-order valence-electron chi connectivity index (χ1n) is 6.75. The van der Waals surface area contributed by atoms with Crippen molar-refractivity contribution in [2.24, 2.45) is 0 Å². The van der Waals surface area contributed by atoms with Crippen LogP contribution < -0.4 is 4.74 Å². The van der Waals surface area contributed by atoms with Gasteiger partial charge in [-0.2, -0.15) is 0 Å². The fourth-order valence-electron chi connectivity index (χ4n) is 2.40. The quantitative estimate of drug-likeness (QED) is 0.735. The first kappa shape index (κ1) is 13.7. The highest BCUT2D eigenvalue weighted by atomic mass is 35.5. The number of rotatable bonds is 6. The molecule has 0 bridgehead atoms. The lowest BCUT2D eigenvalue weighted by Gasteiger charge is -2.25. The van der Waals surface area contributed by atoms with Gasteiger partial charge in [-0.15, -0.1) is 11.6 Å². The molecule has 2 nitrogen and oxygen atoms in total. The highest BCUT2D eigenvalue weighted by Gasteiger charge is 2.13. The summed E-state index contributed by atoms with van der Waals surface area (Å²) in [6.07, 6.45) is 2.14. The van der Waals surface area contributed by atoms with Gasteiger partial charge in [0.05, 0.1) is 6.61 Å². The summed E-state index contributed by atoms with van der Waals surface area (Å²) in [5.74, 6) is 1.77. The lowest BCUT2D eigenvalue weighted by molar-refractivity contribution is 0.238. The maximum Gasteiger partial charge on any atom is 0.122 e. The van der Waals surface area contributed by atoms with E-state index >= 15 is 0 Å². The summed E-state index contributed by atoms with van der Waals surface area (Å²) >= 11 is 5.84. The van der Waals surface area contributed by atoms with Crippen molar-refractivity contribution in [3.8, 4) is 5.75 Å². The van der Waals surface area contributed by atoms with E-state index in [4.69, 9.17) is 16.3 Å². The Bertz CT molecular complexity index is 392. The maximum atomic E-state index is 5.84. The van der Waals surface area contributed by atoms with Crippen LogP contribution in [-0.4, -0.2) is 36.5 Å². The SMILES string of the molecule is CC(C)N(CCCl)CCc1ccc2c(c1)CCO2. The van der Waals surface area contributed by atoms with Gasteiger partial charge in [0.25, 0.3) is 0 Å². The molecule has 0 radical (unpaired) electrons. The third-order valence-electron chi connectivity index (χ3n) is 3.54. The fraction of sp³-hybridized carbons (Fsp3) is 0.600. The molecule has 1 heterocycles. The van der Waals surface area contributed by atoms with Crippen LogP contribution in [0.2, 0.25) is 0 Å². The molecule has 0 aliphatic carbocycles. The molecule has 3 heteroatoms. The van der Waals surface area contributed by atoms with Gasteiger partial charge in [0.2, 0.25) is 0 Å². The minimum Gasteiger partial charge on any atom is -0.493 e. The molecule has 0 saturated heterocycles. The van der Waals surface area contributed by atoms with Crippen molar-refractivity contribution >= 4 is 11.6 Å². The Morgan fingerprint density at radius 1 is 1.33 bits per heavy atom. The highest BCUT2D eigenvalue weighted by Crippen LogP contribution is 2.26. The van der Waals surface area contributed by atoms with Crippen LogP contribution in [0.15, 0.2) is 18.2 Å². The second-order valence-corrected chi connectivity index (χ2v) is 5.49. The molecule has 0 N–H and O–H groups in total. The Hall–Kier alpha value is -0.730. The van der Waals surface area contributed by atoms with Gasteiger partial charge >= 0.3 is 0 Å². The molecule has 0 amide bonds. The van der Waals surface area contributed by atoms with Crippen molar-refractivity contribution in [1.82, 2.24) is 4.90 Å². The first-order valence-corrected chi connectivity index (χ1v) is 7.29. The van der Waals surface area contributed by atoms with Crippen molar-refractivity contribution in [3.63, 3.8) is 0 Å². The Kier molecular flexibility index (Phi) is 4.90. The molecule has 100 valence electrons. The molecule has 1 aromatic carbocycles. The Morgan fingerprint density at radius 2 is 2.17 bits per heavy atom. The molecule has 1 aliphatic heterocycles. The number of hydrogen-bond donors (Lipinski definition) is 0. The van der Waals surface area contributed by atoms with Crippen molar-refractivity contribution in [3.05, 3.63) is 29.3 Å². The van der Waals surface area contributed by atoms with E-state index in [1.807, 2.05) is 0 Å². The molecule has 0 spiro atoms. The smallest absolute Gasteiger partial charge is 0.122 e. The molecule has 0 atom stereocenters. The Balaban J connectivity index is 1.93. The Morgan fingerprint density at radius 3 is 2.89 bits per heavy atom. The lowest BCUT2D eigenvalue weighted by Crippen LogP contribution is -2.34. The van der Waals surface area contributed by atoms with E-state index in [1.54, 1.807) is 0 Å². The zero-order valence-corrected chi connectivity index (χ0v) is 12.0. The number of ether oxygens (including phenoxy) is 1. The molecule has 0 fully saturated rings. The summed E-state index contributed by atoms with van der Waals surface area (Å²) in [6, 6.07) is 7.14. The van der Waals surface area contributed by atoms with Gasteiger partial charge in [0.1, 0.15) is 5.75 Å². The van der Waals surface area contributed by atoms with Crippen LogP contribution in [-0.2, 0) is 12.8 Å². The molecule has 18 heavy (non-hydrogen) atoms. The zero-order chi connectivity index (χ0) is 13.0. The summed E-state index contributed by atoms with van der Waals surface area (Å²) in [5, 5.41) is 0. The number of alkyl halides is 1. The first-order chi connectivity index (χ1) is 8.70. The van der Waals surface area contributed by atoms with E-state index < -0.39 is 0 Å². The second-order valence-electron chi connectivity index (χ2n) is 5.11. The normalized spacial score (nSPS) is 14.1. The summed E-state index contributed by atoms with van der Waals surface area (Å²) in [7, 11) is 0. The predicted molar refractivity (Wildman–Crippen MR) is 76.8 cm³/mol. The van der Waals surface area contributed by atoms with Gasteiger partial charge in [-0.25, -0.2) is 0 Å². The van der Waals surface area contributed by atoms with E-state index in [0.717, 1.165) is 38.3 Å². The second kappa shape index (κ2) is 6.44. The van der Waals surface area contributed by atoms with E-state index in [-0.39, 0.29) is 0 Å². The summed E-state index contributed by atoms with van der Waals surface area (Å²) < 4.78 is 5.53. The minimum absolute atomic E-state index is 0.557. The third kappa shape index (κ3) is 3.39. The zero-order valence-electron chi connectivity index (χ0n) is 11.3. The number of fused-ring (bicyclic) bond motifs is 1. The number of halogens is 1. The predicted octanol–water partition coefficient (Wildman–Crippen LogP) is 3.11. The average molecular weight is 268 g/mol. The molecule has 0 unspecified atom stereocenters. The number of hydrogen-bond acceptors (Lipinski definition) is 2. The molecular weight excluding hydrogens is 246 g/mol. The van der Waals surface area contributed by atoms with Crippen molar-refractivity contribution in [2.75, 3.05) is 25.6 Å². The van der Waals surface area contributed by atoms with Gasteiger partial charge in [0, 0.05) is 31.4 Å². The van der Waals surface area contributed by atoms with E-state index in [9.17, 15) is 0 Å². The average Bonchev–Trinajstić information content (AvgIpc) is 2.81. The van der Waals surface area contributed by atoms with Gasteiger partial charge in [-0.3, -0.25) is 4.90 Å². The minimum atomic E-state index is 0.557. The van der Waals surface area contributed by atoms with Gasteiger partial charge in [-0.1, -0.05) is 12.1 Å². The van der Waals surface area contributed by atoms with Gasteiger partial charge < -0.3 is 4.74 Å². The highest BCUT2D eigenvalue weighted by molar-refractivity contribution is 6.18. The summed E-state index contributed by atoms with van der Waals surface area (Å²) in [5.41, 5.74) is 2.76. The van der Waals surface area contributed by atoms with Crippen LogP contribution in [0.3, 0.4) is 0 Å². The van der Waals surface area contributed by atoms with Crippen LogP contribution >= 0.6 is 11.6 Å². The molecule has 0 aromatic heterocycles. The molecule has 0 saturated carbocycles. The van der Waals surface area contributed by atoms with Crippen LogP contribution in [0.4, 0.5) is 0 Å². The Labute approximate surface area is 115 Å². The molecule has 1 aliphatic rings. The third-order valence-corrected chi connectivity index (χ3v) is 3.71. The molecular formula is C15H22ClNO. The summed E-state index contributed by atoms with van der Waals surface area (Å²) in [4.78, 5) is 2.43. The van der Waals surface area contributed by atoms with Crippen LogP contribution in [0.1, 0.15) is 25.0 Å². The van der Waals surface area contributed by atoms with Crippen LogP contribution in [0, 0.1) is 0 Å². The standard InChI is InChI=1S/C15H22ClNO/c1-12(2)17(9-7-16)8-5-13-3-4-15-14(11-13)6-10-18-15/h3-4,11-12H,5-10H2,1-2H3. The fourth-order valence-corrected chi connectivity index (χ4v) is 2.62.